The summed E-state index contributed by atoms with van der Waals surface area (Å²) < 4.78 is 0. The van der Waals surface area contributed by atoms with Crippen LogP contribution in [-0.4, -0.2) is 23.9 Å². The van der Waals surface area contributed by atoms with Crippen LogP contribution in [0.2, 0.25) is 0 Å². The van der Waals surface area contributed by atoms with E-state index in [1.165, 1.54) is 16.9 Å². The molecule has 0 radical (unpaired) electrons. The van der Waals surface area contributed by atoms with Crippen LogP contribution in [0.25, 0.3) is 10.4 Å². The Bertz CT molecular complexity index is 555. The van der Waals surface area contributed by atoms with Gasteiger partial charge in [-0.3, -0.25) is 4.79 Å². The minimum absolute atomic E-state index is 0.193. The molecule has 0 bridgehead atoms. The predicted molar refractivity (Wildman–Crippen MR) is 79.5 cm³/mol. The Morgan fingerprint density at radius 2 is 1.79 bits per heavy atom. The van der Waals surface area contributed by atoms with E-state index in [9.17, 15) is 4.79 Å². The number of amides is 1. The molecule has 2 heterocycles. The highest BCUT2D eigenvalue weighted by atomic mass is 32.1. The van der Waals surface area contributed by atoms with Crippen molar-refractivity contribution in [2.75, 3.05) is 13.1 Å². The van der Waals surface area contributed by atoms with Crippen molar-refractivity contribution < 1.29 is 4.79 Å². The summed E-state index contributed by atoms with van der Waals surface area (Å²) in [5, 5.41) is 1.99. The van der Waals surface area contributed by atoms with E-state index in [0.717, 1.165) is 31.5 Å². The Labute approximate surface area is 117 Å². The van der Waals surface area contributed by atoms with Gasteiger partial charge in [0.1, 0.15) is 0 Å². The number of hydrogen-bond donors (Lipinski definition) is 0. The van der Waals surface area contributed by atoms with Crippen LogP contribution < -0.4 is 0 Å². The molecule has 1 aromatic heterocycles. The van der Waals surface area contributed by atoms with Gasteiger partial charge < -0.3 is 4.90 Å². The second-order valence-corrected chi connectivity index (χ2v) is 5.83. The Morgan fingerprint density at radius 3 is 2.53 bits per heavy atom. The molecule has 1 aromatic carbocycles. The first-order chi connectivity index (χ1) is 9.34. The number of hydrogen-bond acceptors (Lipinski definition) is 2. The summed E-state index contributed by atoms with van der Waals surface area (Å²) in [5.41, 5.74) is 2.02. The smallest absolute Gasteiger partial charge is 0.254 e. The molecule has 1 aliphatic rings. The maximum Gasteiger partial charge on any atom is 0.254 e. The fraction of sp³-hybridized carbons (Fsp3) is 0.312. The van der Waals surface area contributed by atoms with Crippen LogP contribution in [-0.2, 0) is 0 Å². The van der Waals surface area contributed by atoms with E-state index < -0.39 is 0 Å². The Morgan fingerprint density at radius 1 is 1.05 bits per heavy atom. The molecule has 1 fully saturated rings. The van der Waals surface area contributed by atoms with E-state index >= 15 is 0 Å². The molecule has 1 aliphatic heterocycles. The highest BCUT2D eigenvalue weighted by Gasteiger charge is 2.19. The molecule has 1 saturated heterocycles. The van der Waals surface area contributed by atoms with Crippen molar-refractivity contribution in [2.24, 2.45) is 0 Å². The van der Waals surface area contributed by atoms with Gasteiger partial charge in [0.25, 0.3) is 5.91 Å². The maximum absolute atomic E-state index is 12.4. The molecule has 0 aliphatic carbocycles. The van der Waals surface area contributed by atoms with Crippen LogP contribution in [0.1, 0.15) is 29.6 Å². The monoisotopic (exact) mass is 271 g/mol. The van der Waals surface area contributed by atoms with Crippen molar-refractivity contribution in [3.63, 3.8) is 0 Å². The lowest BCUT2D eigenvalue weighted by atomic mass is 10.1. The summed E-state index contributed by atoms with van der Waals surface area (Å²) >= 11 is 1.65. The Kier molecular flexibility index (Phi) is 3.65. The topological polar surface area (TPSA) is 20.3 Å². The maximum atomic E-state index is 12.4. The number of benzene rings is 1. The SMILES string of the molecule is O=C(c1csc(-c2ccccc2)c1)N1CCCCC1. The minimum Gasteiger partial charge on any atom is -0.339 e. The molecule has 0 spiro atoms. The average molecular weight is 271 g/mol. The average Bonchev–Trinajstić information content (AvgIpc) is 2.98. The van der Waals surface area contributed by atoms with Crippen LogP contribution >= 0.6 is 11.3 Å². The number of rotatable bonds is 2. The van der Waals surface area contributed by atoms with Crippen molar-refractivity contribution in [1.82, 2.24) is 4.90 Å². The zero-order valence-electron chi connectivity index (χ0n) is 10.8. The predicted octanol–water partition coefficient (Wildman–Crippen LogP) is 4.04. The molecular weight excluding hydrogens is 254 g/mol. The summed E-state index contributed by atoms with van der Waals surface area (Å²) in [4.78, 5) is 15.5. The van der Waals surface area contributed by atoms with Crippen LogP contribution in [0.15, 0.2) is 41.8 Å². The minimum atomic E-state index is 0.193. The van der Waals surface area contributed by atoms with Crippen molar-refractivity contribution in [2.45, 2.75) is 19.3 Å². The van der Waals surface area contributed by atoms with Crippen molar-refractivity contribution in [3.05, 3.63) is 47.3 Å². The van der Waals surface area contributed by atoms with E-state index in [-0.39, 0.29) is 5.91 Å². The van der Waals surface area contributed by atoms with Gasteiger partial charge in [-0.1, -0.05) is 30.3 Å². The molecule has 98 valence electrons. The lowest BCUT2D eigenvalue weighted by Crippen LogP contribution is -2.35. The molecule has 3 heteroatoms. The quantitative estimate of drug-likeness (QED) is 0.807. The second-order valence-electron chi connectivity index (χ2n) is 4.92. The third kappa shape index (κ3) is 2.71. The van der Waals surface area contributed by atoms with E-state index in [4.69, 9.17) is 0 Å². The third-order valence-corrected chi connectivity index (χ3v) is 4.53. The highest BCUT2D eigenvalue weighted by Crippen LogP contribution is 2.28. The van der Waals surface area contributed by atoms with E-state index in [1.54, 1.807) is 11.3 Å². The van der Waals surface area contributed by atoms with Crippen molar-refractivity contribution >= 4 is 17.2 Å². The first kappa shape index (κ1) is 12.4. The van der Waals surface area contributed by atoms with Crippen molar-refractivity contribution in [1.29, 1.82) is 0 Å². The number of nitrogens with zero attached hydrogens (tertiary/aromatic N) is 1. The lowest BCUT2D eigenvalue weighted by Gasteiger charge is -2.26. The van der Waals surface area contributed by atoms with Crippen LogP contribution in [0, 0.1) is 0 Å². The number of thiophene rings is 1. The lowest BCUT2D eigenvalue weighted by molar-refractivity contribution is 0.0725. The van der Waals surface area contributed by atoms with E-state index in [0.29, 0.717) is 0 Å². The normalized spacial score (nSPS) is 15.5. The first-order valence-corrected chi connectivity index (χ1v) is 7.66. The molecular formula is C16H17NOS. The third-order valence-electron chi connectivity index (χ3n) is 3.55. The molecule has 19 heavy (non-hydrogen) atoms. The van der Waals surface area contributed by atoms with Gasteiger partial charge in [-0.25, -0.2) is 0 Å². The highest BCUT2D eigenvalue weighted by molar-refractivity contribution is 7.13. The largest absolute Gasteiger partial charge is 0.339 e. The first-order valence-electron chi connectivity index (χ1n) is 6.78. The molecule has 0 N–H and O–H groups in total. The molecule has 0 atom stereocenters. The molecule has 2 aromatic rings. The van der Waals surface area contributed by atoms with Gasteiger partial charge in [-0.05, 0) is 30.9 Å². The molecule has 0 saturated carbocycles. The van der Waals surface area contributed by atoms with Gasteiger partial charge in [0.2, 0.25) is 0 Å². The summed E-state index contributed by atoms with van der Waals surface area (Å²) in [6, 6.07) is 12.3. The Hall–Kier alpha value is -1.61. The summed E-state index contributed by atoms with van der Waals surface area (Å²) in [7, 11) is 0. The number of likely N-dealkylation sites (tertiary alicyclic amines) is 1. The van der Waals surface area contributed by atoms with Gasteiger partial charge in [-0.2, -0.15) is 0 Å². The zero-order chi connectivity index (χ0) is 13.1. The number of carbonyl (C=O) groups is 1. The molecule has 3 rings (SSSR count). The molecule has 2 nitrogen and oxygen atoms in total. The van der Waals surface area contributed by atoms with Crippen LogP contribution in [0.5, 0.6) is 0 Å². The van der Waals surface area contributed by atoms with E-state index in [2.05, 4.69) is 12.1 Å². The summed E-state index contributed by atoms with van der Waals surface area (Å²) in [6.45, 7) is 1.82. The van der Waals surface area contributed by atoms with E-state index in [1.807, 2.05) is 34.5 Å². The Balaban J connectivity index is 1.79. The number of carbonyl (C=O) groups excluding carboxylic acids is 1. The van der Waals surface area contributed by atoms with Gasteiger partial charge in [0, 0.05) is 23.3 Å². The zero-order valence-corrected chi connectivity index (χ0v) is 11.7. The summed E-state index contributed by atoms with van der Waals surface area (Å²) in [6.07, 6.45) is 3.53. The van der Waals surface area contributed by atoms with Gasteiger partial charge in [-0.15, -0.1) is 11.3 Å². The van der Waals surface area contributed by atoms with Crippen LogP contribution in [0.3, 0.4) is 0 Å². The van der Waals surface area contributed by atoms with Crippen LogP contribution in [0.4, 0.5) is 0 Å². The standard InChI is InChI=1S/C16H17NOS/c18-16(17-9-5-2-6-10-17)14-11-15(19-12-14)13-7-3-1-4-8-13/h1,3-4,7-8,11-12H,2,5-6,9-10H2. The second kappa shape index (κ2) is 5.57. The van der Waals surface area contributed by atoms with Crippen molar-refractivity contribution in [3.8, 4) is 10.4 Å². The molecule has 0 unspecified atom stereocenters. The summed E-state index contributed by atoms with van der Waals surface area (Å²) in [5.74, 6) is 0.193. The fourth-order valence-corrected chi connectivity index (χ4v) is 3.37. The number of piperidine rings is 1. The van der Waals surface area contributed by atoms with Gasteiger partial charge in [0.05, 0.1) is 5.56 Å². The fourth-order valence-electron chi connectivity index (χ4n) is 2.48. The van der Waals surface area contributed by atoms with Gasteiger partial charge in [0.15, 0.2) is 0 Å². The van der Waals surface area contributed by atoms with Gasteiger partial charge >= 0.3 is 0 Å². The molecule has 1 amide bonds.